The smallest absolute Gasteiger partial charge is 0.305 e. The van der Waals surface area contributed by atoms with Crippen LogP contribution in [0.2, 0.25) is 0 Å². The molecule has 0 aliphatic heterocycles. The van der Waals surface area contributed by atoms with E-state index in [1.165, 1.54) is 19.3 Å². The zero-order valence-electron chi connectivity index (χ0n) is 10.1. The van der Waals surface area contributed by atoms with E-state index in [1.54, 1.807) is 0 Å². The van der Waals surface area contributed by atoms with Crippen molar-refractivity contribution in [3.05, 3.63) is 6.92 Å². The summed E-state index contributed by atoms with van der Waals surface area (Å²) in [4.78, 5) is 10.9. The van der Waals surface area contributed by atoms with Gasteiger partial charge in [-0.1, -0.05) is 25.7 Å². The van der Waals surface area contributed by atoms with Gasteiger partial charge in [-0.2, -0.15) is 6.42 Å². The Balaban J connectivity index is 0. The van der Waals surface area contributed by atoms with E-state index >= 15 is 0 Å². The van der Waals surface area contributed by atoms with Gasteiger partial charge in [-0.3, -0.25) is 4.79 Å². The molecular formula is C11H21Br2O2Zn-. The number of esters is 1. The maximum absolute atomic E-state index is 10.9. The van der Waals surface area contributed by atoms with Crippen LogP contribution in [0.15, 0.2) is 0 Å². The molecule has 0 bridgehead atoms. The van der Waals surface area contributed by atoms with E-state index in [0.717, 1.165) is 19.3 Å². The standard InChI is InChI=1S/C11H21O2.2BrH.Zn/c1-3-5-6-7-8-9-10-11(12)13-4-2;;;/h1,3-10H2,2H3;2*1H;/q-1;;;+2/p-2. The number of hydrogen-bond donors (Lipinski definition) is 0. The number of unbranched alkanes of at least 4 members (excludes halogenated alkanes) is 5. The van der Waals surface area contributed by atoms with Crippen molar-refractivity contribution in [2.24, 2.45) is 0 Å². The minimum absolute atomic E-state index is 0.0559. The number of hydrogen-bond acceptors (Lipinski definition) is 2. The van der Waals surface area contributed by atoms with Crippen molar-refractivity contribution in [1.29, 1.82) is 0 Å². The van der Waals surface area contributed by atoms with Gasteiger partial charge < -0.3 is 11.7 Å². The second-order valence-electron chi connectivity index (χ2n) is 3.28. The van der Waals surface area contributed by atoms with Crippen LogP contribution in [0.25, 0.3) is 0 Å². The van der Waals surface area contributed by atoms with Gasteiger partial charge in [0.2, 0.25) is 0 Å². The molecule has 0 aliphatic carbocycles. The normalized spacial score (nSPS) is 8.75. The summed E-state index contributed by atoms with van der Waals surface area (Å²) < 4.78 is 4.82. The van der Waals surface area contributed by atoms with E-state index < -0.39 is 0 Å². The van der Waals surface area contributed by atoms with E-state index in [4.69, 9.17) is 4.74 Å². The van der Waals surface area contributed by atoms with Gasteiger partial charge in [-0.25, -0.2) is 0 Å². The molecule has 0 fully saturated rings. The molecule has 16 heavy (non-hydrogen) atoms. The van der Waals surface area contributed by atoms with Crippen LogP contribution in [0.4, 0.5) is 0 Å². The van der Waals surface area contributed by atoms with E-state index in [2.05, 4.69) is 34.2 Å². The average molecular weight is 410 g/mol. The van der Waals surface area contributed by atoms with Gasteiger partial charge >= 0.3 is 46.4 Å². The first kappa shape index (κ1) is 19.4. The molecule has 0 rings (SSSR count). The molecule has 0 radical (unpaired) electrons. The van der Waals surface area contributed by atoms with Gasteiger partial charge in [-0.05, 0) is 13.3 Å². The van der Waals surface area contributed by atoms with Gasteiger partial charge in [0.25, 0.3) is 0 Å². The molecule has 0 N–H and O–H groups in total. The Bertz CT molecular complexity index is 146. The summed E-state index contributed by atoms with van der Waals surface area (Å²) >= 11 is 6.25. The van der Waals surface area contributed by atoms with E-state index in [0.29, 0.717) is 13.0 Å². The van der Waals surface area contributed by atoms with Gasteiger partial charge in [-0.15, -0.1) is 0 Å². The number of carbonyl (C=O) groups excluding carboxylic acids is 1. The van der Waals surface area contributed by atoms with Crippen molar-refractivity contribution in [2.45, 2.75) is 51.9 Å². The van der Waals surface area contributed by atoms with Crippen LogP contribution in [0.3, 0.4) is 0 Å². The van der Waals surface area contributed by atoms with Crippen LogP contribution in [-0.2, 0) is 22.7 Å². The largest absolute Gasteiger partial charge is 0.466 e. The average Bonchev–Trinajstić information content (AvgIpc) is 2.25. The first-order valence-corrected chi connectivity index (χ1v) is 19.7. The molecule has 0 aromatic rings. The minimum atomic E-state index is -0.250. The molecule has 0 aromatic carbocycles. The summed E-state index contributed by atoms with van der Waals surface area (Å²) in [7, 11) is 0. The summed E-state index contributed by atoms with van der Waals surface area (Å²) in [6.45, 7) is 6.12. The Morgan fingerprint density at radius 2 is 1.69 bits per heavy atom. The van der Waals surface area contributed by atoms with Gasteiger partial charge in [0.05, 0.1) is 6.61 Å². The van der Waals surface area contributed by atoms with Crippen molar-refractivity contribution in [1.82, 2.24) is 0 Å². The van der Waals surface area contributed by atoms with Gasteiger partial charge in [0, 0.05) is 6.42 Å². The molecule has 0 aromatic heterocycles. The van der Waals surface area contributed by atoms with Crippen LogP contribution in [-0.4, -0.2) is 12.6 Å². The molecule has 0 saturated carbocycles. The number of ether oxygens (including phenoxy) is 1. The maximum Gasteiger partial charge on any atom is 0.305 e. The third-order valence-electron chi connectivity index (χ3n) is 1.94. The SMILES string of the molecule is [Br][Zn][Br].[CH2-]CCCCCCCC(=O)OCC. The number of halogens is 2. The Labute approximate surface area is 121 Å². The zero-order valence-corrected chi connectivity index (χ0v) is 16.3. The molecule has 0 amide bonds. The predicted octanol–water partition coefficient (Wildman–Crippen LogP) is 4.80. The predicted molar refractivity (Wildman–Crippen MR) is 72.2 cm³/mol. The van der Waals surface area contributed by atoms with Crippen molar-refractivity contribution in [3.8, 4) is 0 Å². The monoisotopic (exact) mass is 407 g/mol. The molecule has 0 spiro atoms. The van der Waals surface area contributed by atoms with Crippen molar-refractivity contribution >= 4 is 33.2 Å². The molecule has 0 unspecified atom stereocenters. The van der Waals surface area contributed by atoms with Crippen molar-refractivity contribution in [3.63, 3.8) is 0 Å². The number of carbonyl (C=O) groups is 1. The van der Waals surface area contributed by atoms with Crippen LogP contribution in [0.1, 0.15) is 51.9 Å². The molecule has 0 atom stereocenters. The van der Waals surface area contributed by atoms with E-state index in [9.17, 15) is 4.79 Å². The topological polar surface area (TPSA) is 26.3 Å². The zero-order chi connectivity index (χ0) is 12.6. The summed E-state index contributed by atoms with van der Waals surface area (Å²) in [5.74, 6) is -0.0559. The van der Waals surface area contributed by atoms with Crippen molar-refractivity contribution < 1.29 is 22.7 Å². The Morgan fingerprint density at radius 3 is 2.19 bits per heavy atom. The molecule has 0 saturated heterocycles. The van der Waals surface area contributed by atoms with Gasteiger partial charge in [0.1, 0.15) is 0 Å². The van der Waals surface area contributed by atoms with Crippen LogP contribution in [0, 0.1) is 6.92 Å². The fraction of sp³-hybridized carbons (Fsp3) is 0.818. The molecular weight excluding hydrogens is 389 g/mol. The summed E-state index contributed by atoms with van der Waals surface area (Å²) in [6.07, 6.45) is 7.38. The molecule has 0 heterocycles. The molecule has 5 heteroatoms. The summed E-state index contributed by atoms with van der Waals surface area (Å²) in [5.41, 5.74) is 0. The third-order valence-corrected chi connectivity index (χ3v) is 1.94. The molecule has 94 valence electrons. The fourth-order valence-electron chi connectivity index (χ4n) is 1.21. The van der Waals surface area contributed by atoms with Crippen LogP contribution in [0.5, 0.6) is 0 Å². The summed E-state index contributed by atoms with van der Waals surface area (Å²) in [6, 6.07) is 0. The van der Waals surface area contributed by atoms with E-state index in [1.807, 2.05) is 6.92 Å². The summed E-state index contributed by atoms with van der Waals surface area (Å²) in [5, 5.41) is 0. The second-order valence-corrected chi connectivity index (χ2v) is 17.3. The first-order valence-electron chi connectivity index (χ1n) is 5.79. The number of rotatable bonds is 8. The Kier molecular flexibility index (Phi) is 22.3. The quantitative estimate of drug-likeness (QED) is 0.249. The van der Waals surface area contributed by atoms with Gasteiger partial charge in [0.15, 0.2) is 0 Å². The first-order chi connectivity index (χ1) is 7.72. The van der Waals surface area contributed by atoms with E-state index in [-0.39, 0.29) is 19.2 Å². The minimum Gasteiger partial charge on any atom is -0.466 e. The molecule has 2 nitrogen and oxygen atoms in total. The van der Waals surface area contributed by atoms with Crippen molar-refractivity contribution in [2.75, 3.05) is 6.61 Å². The van der Waals surface area contributed by atoms with Crippen LogP contribution >= 0.6 is 27.2 Å². The maximum atomic E-state index is 10.9. The Hall–Kier alpha value is 1.05. The fourth-order valence-corrected chi connectivity index (χ4v) is 1.21. The van der Waals surface area contributed by atoms with Crippen LogP contribution < -0.4 is 0 Å². The molecule has 0 aliphatic rings. The third kappa shape index (κ3) is 20.5. The second kappa shape index (κ2) is 18.4. The Morgan fingerprint density at radius 1 is 1.19 bits per heavy atom.